The predicted molar refractivity (Wildman–Crippen MR) is 63.8 cm³/mol. The van der Waals surface area contributed by atoms with Crippen molar-refractivity contribution in [2.45, 2.75) is 59.2 Å². The molecular weight excluding hydrogens is 184 g/mol. The Kier molecular flexibility index (Phi) is 2.76. The lowest BCUT2D eigenvalue weighted by Gasteiger charge is -2.32. The summed E-state index contributed by atoms with van der Waals surface area (Å²) in [7, 11) is 0. The van der Waals surface area contributed by atoms with Crippen molar-refractivity contribution >= 4 is 0 Å². The highest BCUT2D eigenvalue weighted by Gasteiger charge is 2.32. The Balaban J connectivity index is 2.13. The number of rotatable bonds is 2. The summed E-state index contributed by atoms with van der Waals surface area (Å²) in [6.07, 6.45) is 9.28. The van der Waals surface area contributed by atoms with Gasteiger partial charge in [-0.3, -0.25) is 0 Å². The predicted octanol–water partition coefficient (Wildman–Crippen LogP) is 3.86. The van der Waals surface area contributed by atoms with Gasteiger partial charge in [0.2, 0.25) is 0 Å². The topological polar surface area (TPSA) is 12.5 Å². The van der Waals surface area contributed by atoms with Crippen LogP contribution in [-0.4, -0.2) is 12.2 Å². The molecule has 0 aromatic heterocycles. The summed E-state index contributed by atoms with van der Waals surface area (Å²) in [6, 6.07) is 0. The summed E-state index contributed by atoms with van der Waals surface area (Å²) >= 11 is 0. The minimum atomic E-state index is 0.358. The second-order valence-corrected chi connectivity index (χ2v) is 5.60. The van der Waals surface area contributed by atoms with Crippen LogP contribution in [0.3, 0.4) is 0 Å². The van der Waals surface area contributed by atoms with Gasteiger partial charge < -0.3 is 4.74 Å². The molecule has 2 rings (SSSR count). The molecule has 0 bridgehead atoms. The molecule has 1 heteroatoms. The zero-order valence-electron chi connectivity index (χ0n) is 10.3. The van der Waals surface area contributed by atoms with Gasteiger partial charge in [0.1, 0.15) is 6.10 Å². The molecule has 0 aromatic rings. The third-order valence-electron chi connectivity index (χ3n) is 3.75. The summed E-state index contributed by atoms with van der Waals surface area (Å²) in [5, 5.41) is 0. The summed E-state index contributed by atoms with van der Waals surface area (Å²) in [6.45, 7) is 9.11. The zero-order chi connectivity index (χ0) is 11.1. The quantitative estimate of drug-likeness (QED) is 0.625. The van der Waals surface area contributed by atoms with Crippen LogP contribution in [0, 0.1) is 5.41 Å². The summed E-state index contributed by atoms with van der Waals surface area (Å²) in [5.41, 5.74) is 3.46. The average molecular weight is 206 g/mol. The van der Waals surface area contributed by atoms with Gasteiger partial charge in [0.15, 0.2) is 0 Å². The van der Waals surface area contributed by atoms with Gasteiger partial charge in [0, 0.05) is 0 Å². The SMILES string of the molecule is CC1=C(C=CC2OC2C)C(C)(C)CCC1. The molecule has 0 radical (unpaired) electrons. The monoisotopic (exact) mass is 206 g/mol. The molecule has 2 unspecified atom stereocenters. The van der Waals surface area contributed by atoms with Crippen LogP contribution in [0.4, 0.5) is 0 Å². The molecule has 1 saturated heterocycles. The highest BCUT2D eigenvalue weighted by molar-refractivity contribution is 5.33. The van der Waals surface area contributed by atoms with E-state index in [0.717, 1.165) is 0 Å². The Morgan fingerprint density at radius 1 is 1.40 bits per heavy atom. The first kappa shape index (κ1) is 10.9. The van der Waals surface area contributed by atoms with Crippen LogP contribution >= 0.6 is 0 Å². The lowest BCUT2D eigenvalue weighted by atomic mass is 9.72. The molecule has 0 saturated carbocycles. The minimum Gasteiger partial charge on any atom is -0.365 e. The third kappa shape index (κ3) is 2.34. The highest BCUT2D eigenvalue weighted by atomic mass is 16.6. The van der Waals surface area contributed by atoms with Gasteiger partial charge in [-0.25, -0.2) is 0 Å². The van der Waals surface area contributed by atoms with E-state index in [0.29, 0.717) is 17.6 Å². The first-order valence-electron chi connectivity index (χ1n) is 6.04. The lowest BCUT2D eigenvalue weighted by Crippen LogP contribution is -2.19. The van der Waals surface area contributed by atoms with Gasteiger partial charge in [-0.2, -0.15) is 0 Å². The Morgan fingerprint density at radius 3 is 2.60 bits per heavy atom. The summed E-state index contributed by atoms with van der Waals surface area (Å²) in [5.74, 6) is 0. The maximum atomic E-state index is 5.40. The van der Waals surface area contributed by atoms with Crippen LogP contribution in [-0.2, 0) is 4.74 Å². The van der Waals surface area contributed by atoms with Gasteiger partial charge in [0.05, 0.1) is 6.10 Å². The van der Waals surface area contributed by atoms with Crippen molar-refractivity contribution in [1.29, 1.82) is 0 Å². The molecule has 2 aliphatic rings. The molecule has 84 valence electrons. The molecule has 1 fully saturated rings. The minimum absolute atomic E-state index is 0.358. The molecule has 0 N–H and O–H groups in total. The molecule has 1 nitrogen and oxygen atoms in total. The first-order valence-corrected chi connectivity index (χ1v) is 6.04. The van der Waals surface area contributed by atoms with Crippen LogP contribution < -0.4 is 0 Å². The molecule has 2 atom stereocenters. The first-order chi connectivity index (χ1) is 7.00. The Labute approximate surface area is 93.2 Å². The van der Waals surface area contributed by atoms with E-state index in [1.54, 1.807) is 5.57 Å². The van der Waals surface area contributed by atoms with Gasteiger partial charge in [0.25, 0.3) is 0 Å². The maximum absolute atomic E-state index is 5.40. The maximum Gasteiger partial charge on any atom is 0.102 e. The second kappa shape index (κ2) is 3.79. The fraction of sp³-hybridized carbons (Fsp3) is 0.714. The van der Waals surface area contributed by atoms with Crippen molar-refractivity contribution in [1.82, 2.24) is 0 Å². The molecule has 1 aliphatic carbocycles. The molecule has 1 aliphatic heterocycles. The van der Waals surface area contributed by atoms with Gasteiger partial charge in [-0.15, -0.1) is 0 Å². The van der Waals surface area contributed by atoms with E-state index in [4.69, 9.17) is 4.74 Å². The molecule has 1 heterocycles. The van der Waals surface area contributed by atoms with Crippen LogP contribution in [0.5, 0.6) is 0 Å². The standard InChI is InChI=1S/C14H22O/c1-10-6-5-9-14(3,4)12(10)7-8-13-11(2)15-13/h7-8,11,13H,5-6,9H2,1-4H3. The van der Waals surface area contributed by atoms with Crippen LogP contribution in [0.2, 0.25) is 0 Å². The van der Waals surface area contributed by atoms with E-state index in [1.807, 2.05) is 0 Å². The van der Waals surface area contributed by atoms with Crippen LogP contribution in [0.1, 0.15) is 47.0 Å². The van der Waals surface area contributed by atoms with Crippen molar-refractivity contribution in [2.75, 3.05) is 0 Å². The van der Waals surface area contributed by atoms with Gasteiger partial charge in [-0.1, -0.05) is 31.6 Å². The Hall–Kier alpha value is -0.560. The van der Waals surface area contributed by atoms with Crippen LogP contribution in [0.15, 0.2) is 23.3 Å². The molecule has 0 spiro atoms. The van der Waals surface area contributed by atoms with Gasteiger partial charge >= 0.3 is 0 Å². The van der Waals surface area contributed by atoms with Gasteiger partial charge in [-0.05, 0) is 44.1 Å². The summed E-state index contributed by atoms with van der Waals surface area (Å²) in [4.78, 5) is 0. The number of epoxide rings is 1. The molecular formula is C14H22O. The fourth-order valence-corrected chi connectivity index (χ4v) is 2.61. The van der Waals surface area contributed by atoms with E-state index >= 15 is 0 Å². The Morgan fingerprint density at radius 2 is 2.07 bits per heavy atom. The molecule has 0 aromatic carbocycles. The van der Waals surface area contributed by atoms with E-state index in [9.17, 15) is 0 Å². The normalized spacial score (nSPS) is 34.9. The number of allylic oxidation sites excluding steroid dienone is 3. The van der Waals surface area contributed by atoms with Crippen molar-refractivity contribution in [3.8, 4) is 0 Å². The number of hydrogen-bond donors (Lipinski definition) is 0. The van der Waals surface area contributed by atoms with Crippen molar-refractivity contribution < 1.29 is 4.74 Å². The zero-order valence-corrected chi connectivity index (χ0v) is 10.3. The highest BCUT2D eigenvalue weighted by Crippen LogP contribution is 2.41. The number of hydrogen-bond acceptors (Lipinski definition) is 1. The van der Waals surface area contributed by atoms with Crippen molar-refractivity contribution in [2.24, 2.45) is 5.41 Å². The van der Waals surface area contributed by atoms with E-state index < -0.39 is 0 Å². The number of ether oxygens (including phenoxy) is 1. The molecule has 0 amide bonds. The third-order valence-corrected chi connectivity index (χ3v) is 3.75. The van der Waals surface area contributed by atoms with Crippen molar-refractivity contribution in [3.05, 3.63) is 23.3 Å². The largest absolute Gasteiger partial charge is 0.365 e. The average Bonchev–Trinajstić information content (AvgIpc) is 2.80. The lowest BCUT2D eigenvalue weighted by molar-refractivity contribution is 0.375. The van der Waals surface area contributed by atoms with E-state index in [1.165, 1.54) is 24.8 Å². The van der Waals surface area contributed by atoms with E-state index in [-0.39, 0.29) is 0 Å². The fourth-order valence-electron chi connectivity index (χ4n) is 2.61. The van der Waals surface area contributed by atoms with Crippen LogP contribution in [0.25, 0.3) is 0 Å². The smallest absolute Gasteiger partial charge is 0.102 e. The van der Waals surface area contributed by atoms with Crippen molar-refractivity contribution in [3.63, 3.8) is 0 Å². The molecule has 15 heavy (non-hydrogen) atoms. The van der Waals surface area contributed by atoms with E-state index in [2.05, 4.69) is 39.8 Å². The Bertz CT molecular complexity index is 309. The second-order valence-electron chi connectivity index (χ2n) is 5.60. The summed E-state index contributed by atoms with van der Waals surface area (Å²) < 4.78 is 5.40.